The van der Waals surface area contributed by atoms with Crippen molar-refractivity contribution in [1.82, 2.24) is 10.3 Å². The van der Waals surface area contributed by atoms with E-state index in [9.17, 15) is 14.5 Å². The molecule has 0 aliphatic carbocycles. The van der Waals surface area contributed by atoms with Gasteiger partial charge in [0.05, 0.1) is 11.0 Å². The van der Waals surface area contributed by atoms with Crippen LogP contribution in [0.4, 0.5) is 15.9 Å². The summed E-state index contributed by atoms with van der Waals surface area (Å²) in [7, 11) is 0. The molecule has 17 heavy (non-hydrogen) atoms. The van der Waals surface area contributed by atoms with E-state index in [2.05, 4.69) is 10.3 Å². The van der Waals surface area contributed by atoms with Crippen LogP contribution in [0.15, 0.2) is 12.3 Å². The number of nitrogens with zero attached hydrogens (tertiary/aromatic N) is 3. The van der Waals surface area contributed by atoms with Crippen molar-refractivity contribution in [3.8, 4) is 0 Å². The molecule has 6 nitrogen and oxygen atoms in total. The van der Waals surface area contributed by atoms with Crippen LogP contribution < -0.4 is 10.2 Å². The summed E-state index contributed by atoms with van der Waals surface area (Å²) in [4.78, 5) is 15.4. The highest BCUT2D eigenvalue weighted by atomic mass is 19.1. The largest absolute Gasteiger partial charge is 0.351 e. The Morgan fingerprint density at radius 3 is 3.06 bits per heavy atom. The first-order valence-electron chi connectivity index (χ1n) is 5.36. The number of halogens is 1. The zero-order valence-corrected chi connectivity index (χ0v) is 9.39. The number of nitro groups is 1. The van der Waals surface area contributed by atoms with E-state index in [1.54, 1.807) is 4.90 Å². The molecule has 2 heterocycles. The number of pyridine rings is 1. The van der Waals surface area contributed by atoms with Crippen LogP contribution in [0.5, 0.6) is 0 Å². The van der Waals surface area contributed by atoms with E-state index in [-0.39, 0.29) is 17.5 Å². The minimum absolute atomic E-state index is 0.184. The van der Waals surface area contributed by atoms with Gasteiger partial charge in [-0.2, -0.15) is 0 Å². The van der Waals surface area contributed by atoms with Crippen molar-refractivity contribution in [2.75, 3.05) is 24.5 Å². The fourth-order valence-corrected chi connectivity index (χ4v) is 1.88. The molecule has 0 radical (unpaired) electrons. The van der Waals surface area contributed by atoms with Crippen LogP contribution in [0.2, 0.25) is 0 Å². The van der Waals surface area contributed by atoms with Gasteiger partial charge in [0.2, 0.25) is 0 Å². The number of piperazine rings is 1. The molecule has 1 aliphatic rings. The average Bonchev–Trinajstić information content (AvgIpc) is 2.28. The minimum atomic E-state index is -0.653. The van der Waals surface area contributed by atoms with Crippen molar-refractivity contribution in [3.05, 3.63) is 28.2 Å². The Labute approximate surface area is 97.6 Å². The van der Waals surface area contributed by atoms with Crippen LogP contribution in [0, 0.1) is 15.9 Å². The molecule has 0 saturated carbocycles. The second kappa shape index (κ2) is 4.62. The van der Waals surface area contributed by atoms with Gasteiger partial charge in [0.15, 0.2) is 11.6 Å². The topological polar surface area (TPSA) is 71.3 Å². The van der Waals surface area contributed by atoms with E-state index in [4.69, 9.17) is 0 Å². The highest BCUT2D eigenvalue weighted by Crippen LogP contribution is 2.21. The van der Waals surface area contributed by atoms with Crippen molar-refractivity contribution in [2.45, 2.75) is 13.0 Å². The molecular formula is C10H13FN4O2. The molecule has 0 aromatic carbocycles. The first-order valence-corrected chi connectivity index (χ1v) is 5.36. The maximum atomic E-state index is 13.7. The summed E-state index contributed by atoms with van der Waals surface area (Å²) in [6.07, 6.45) is 1.09. The van der Waals surface area contributed by atoms with Gasteiger partial charge in [0, 0.05) is 25.7 Å². The monoisotopic (exact) mass is 240 g/mol. The molecule has 92 valence electrons. The van der Waals surface area contributed by atoms with Crippen LogP contribution in [0.1, 0.15) is 6.92 Å². The summed E-state index contributed by atoms with van der Waals surface area (Å²) in [6.45, 7) is 4.03. The predicted molar refractivity (Wildman–Crippen MR) is 60.5 cm³/mol. The van der Waals surface area contributed by atoms with Crippen molar-refractivity contribution >= 4 is 11.5 Å². The summed E-state index contributed by atoms with van der Waals surface area (Å²) < 4.78 is 13.7. The van der Waals surface area contributed by atoms with E-state index in [1.165, 1.54) is 0 Å². The molecular weight excluding hydrogens is 227 g/mol. The summed E-state index contributed by atoms with van der Waals surface area (Å²) in [5.41, 5.74) is -0.325. The molecule has 1 aromatic rings. The standard InChI is InChI=1S/C10H13FN4O2/c1-7-6-14(3-2-12-7)10-9(11)4-8(5-13-10)15(16)17/h4-5,7,12H,2-3,6H2,1H3/t7-/m0/s1. The van der Waals surface area contributed by atoms with Crippen LogP contribution in [-0.4, -0.2) is 35.6 Å². The van der Waals surface area contributed by atoms with Gasteiger partial charge in [-0.1, -0.05) is 0 Å². The maximum absolute atomic E-state index is 13.7. The third kappa shape index (κ3) is 2.50. The second-order valence-electron chi connectivity index (χ2n) is 4.06. The Morgan fingerprint density at radius 2 is 2.47 bits per heavy atom. The lowest BCUT2D eigenvalue weighted by Gasteiger charge is -2.32. The number of aromatic nitrogens is 1. The molecule has 1 fully saturated rings. The lowest BCUT2D eigenvalue weighted by molar-refractivity contribution is -0.385. The fraction of sp³-hybridized carbons (Fsp3) is 0.500. The fourth-order valence-electron chi connectivity index (χ4n) is 1.88. The minimum Gasteiger partial charge on any atom is -0.351 e. The lowest BCUT2D eigenvalue weighted by atomic mass is 10.2. The Kier molecular flexibility index (Phi) is 3.19. The first-order chi connectivity index (χ1) is 8.08. The van der Waals surface area contributed by atoms with Crippen molar-refractivity contribution in [2.24, 2.45) is 0 Å². The average molecular weight is 240 g/mol. The molecule has 2 rings (SSSR count). The molecule has 1 aliphatic heterocycles. The molecule has 0 spiro atoms. The lowest BCUT2D eigenvalue weighted by Crippen LogP contribution is -2.49. The zero-order chi connectivity index (χ0) is 12.4. The van der Waals surface area contributed by atoms with Gasteiger partial charge in [0.25, 0.3) is 5.69 Å². The molecule has 1 N–H and O–H groups in total. The van der Waals surface area contributed by atoms with Crippen LogP contribution >= 0.6 is 0 Å². The number of hydrogen-bond donors (Lipinski definition) is 1. The van der Waals surface area contributed by atoms with Crippen molar-refractivity contribution in [1.29, 1.82) is 0 Å². The van der Waals surface area contributed by atoms with Gasteiger partial charge in [-0.05, 0) is 6.92 Å². The van der Waals surface area contributed by atoms with E-state index in [0.717, 1.165) is 18.8 Å². The SMILES string of the molecule is C[C@H]1CN(c2ncc([N+](=O)[O-])cc2F)CCN1. The van der Waals surface area contributed by atoms with Gasteiger partial charge in [0.1, 0.15) is 6.20 Å². The normalized spacial score (nSPS) is 20.4. The third-order valence-corrected chi connectivity index (χ3v) is 2.69. The number of hydrogen-bond acceptors (Lipinski definition) is 5. The molecule has 1 saturated heterocycles. The Bertz CT molecular complexity index is 440. The zero-order valence-electron chi connectivity index (χ0n) is 9.39. The van der Waals surface area contributed by atoms with Crippen molar-refractivity contribution in [3.63, 3.8) is 0 Å². The second-order valence-corrected chi connectivity index (χ2v) is 4.06. The summed E-state index contributed by atoms with van der Waals surface area (Å²) in [5.74, 6) is -0.461. The first kappa shape index (κ1) is 11.7. The van der Waals surface area contributed by atoms with E-state index in [0.29, 0.717) is 13.1 Å². The van der Waals surface area contributed by atoms with E-state index in [1.807, 2.05) is 6.92 Å². The number of nitrogens with one attached hydrogen (secondary N) is 1. The Morgan fingerprint density at radius 1 is 1.71 bits per heavy atom. The molecule has 1 aromatic heterocycles. The number of anilines is 1. The maximum Gasteiger partial charge on any atom is 0.290 e. The highest BCUT2D eigenvalue weighted by molar-refractivity contribution is 5.45. The molecule has 0 unspecified atom stereocenters. The van der Waals surface area contributed by atoms with Gasteiger partial charge in [-0.25, -0.2) is 9.37 Å². The quantitative estimate of drug-likeness (QED) is 0.615. The van der Waals surface area contributed by atoms with Crippen LogP contribution in [-0.2, 0) is 0 Å². The Balaban J connectivity index is 2.23. The molecule has 1 atom stereocenters. The van der Waals surface area contributed by atoms with Crippen LogP contribution in [0.25, 0.3) is 0 Å². The summed E-state index contributed by atoms with van der Waals surface area (Å²) in [5, 5.41) is 13.7. The van der Waals surface area contributed by atoms with Gasteiger partial charge in [-0.15, -0.1) is 0 Å². The van der Waals surface area contributed by atoms with Gasteiger partial charge in [-0.3, -0.25) is 10.1 Å². The highest BCUT2D eigenvalue weighted by Gasteiger charge is 2.21. The smallest absolute Gasteiger partial charge is 0.290 e. The van der Waals surface area contributed by atoms with Gasteiger partial charge >= 0.3 is 0 Å². The van der Waals surface area contributed by atoms with Crippen LogP contribution in [0.3, 0.4) is 0 Å². The van der Waals surface area contributed by atoms with Gasteiger partial charge < -0.3 is 10.2 Å². The molecule has 0 amide bonds. The molecule has 0 bridgehead atoms. The van der Waals surface area contributed by atoms with Crippen molar-refractivity contribution < 1.29 is 9.31 Å². The predicted octanol–water partition coefficient (Wildman–Crippen LogP) is 0.927. The Hall–Kier alpha value is -1.76. The van der Waals surface area contributed by atoms with E-state index >= 15 is 0 Å². The number of rotatable bonds is 2. The summed E-state index contributed by atoms with van der Waals surface area (Å²) >= 11 is 0. The third-order valence-electron chi connectivity index (χ3n) is 2.69. The van der Waals surface area contributed by atoms with E-state index < -0.39 is 10.7 Å². The summed E-state index contributed by atoms with van der Waals surface area (Å²) in [6, 6.07) is 1.16. The molecule has 7 heteroatoms.